The van der Waals surface area contributed by atoms with E-state index in [-0.39, 0.29) is 11.3 Å². The summed E-state index contributed by atoms with van der Waals surface area (Å²) in [6, 6.07) is 3.12. The molecule has 0 aliphatic carbocycles. The molecule has 0 spiro atoms. The third-order valence-corrected chi connectivity index (χ3v) is 1.33. The number of hydrogen-bond donors (Lipinski definition) is 2. The molecule has 6 heteroatoms. The first-order valence-electron chi connectivity index (χ1n) is 3.41. The maximum Gasteiger partial charge on any atom is 0.707 e. The Morgan fingerprint density at radius 2 is 2.15 bits per heavy atom. The summed E-state index contributed by atoms with van der Waals surface area (Å²) in [4.78, 5) is 10.4. The largest absolute Gasteiger partial charge is 0.707 e. The van der Waals surface area contributed by atoms with Crippen molar-refractivity contribution in [2.45, 2.75) is 0 Å². The Morgan fingerprint density at radius 3 is 2.69 bits per heavy atom. The number of hydrogen-bond acceptors (Lipinski definition) is 4. The van der Waals surface area contributed by atoms with Crippen LogP contribution in [0.15, 0.2) is 18.2 Å². The van der Waals surface area contributed by atoms with Crippen molar-refractivity contribution in [3.05, 3.63) is 29.6 Å². The van der Waals surface area contributed by atoms with Gasteiger partial charge in [-0.3, -0.25) is 4.79 Å². The first-order valence-corrected chi connectivity index (χ1v) is 3.41. The van der Waals surface area contributed by atoms with Crippen LogP contribution in [0.5, 0.6) is 5.75 Å². The summed E-state index contributed by atoms with van der Waals surface area (Å²) in [6.07, 6.45) is 0.362. The predicted molar refractivity (Wildman–Crippen MR) is 42.6 cm³/mol. The summed E-state index contributed by atoms with van der Waals surface area (Å²) < 4.78 is 16.9. The predicted octanol–water partition coefficient (Wildman–Crippen LogP) is -0.0135. The van der Waals surface area contributed by atoms with E-state index in [1.165, 1.54) is 0 Å². The van der Waals surface area contributed by atoms with E-state index in [4.69, 9.17) is 10.0 Å². The number of rotatable bonds is 3. The van der Waals surface area contributed by atoms with Gasteiger partial charge in [0, 0.05) is 0 Å². The van der Waals surface area contributed by atoms with E-state index in [0.717, 1.165) is 18.2 Å². The van der Waals surface area contributed by atoms with Gasteiger partial charge in [-0.15, -0.1) is 0 Å². The highest BCUT2D eigenvalue weighted by atomic mass is 19.1. The molecule has 2 N–H and O–H groups in total. The van der Waals surface area contributed by atoms with Gasteiger partial charge in [-0.1, -0.05) is 0 Å². The van der Waals surface area contributed by atoms with Gasteiger partial charge in [0.25, 0.3) is 0 Å². The molecule has 0 heterocycles. The Kier molecular flexibility index (Phi) is 3.00. The van der Waals surface area contributed by atoms with Crippen LogP contribution in [0.25, 0.3) is 0 Å². The lowest BCUT2D eigenvalue weighted by atomic mass is 10.2. The Morgan fingerprint density at radius 1 is 1.46 bits per heavy atom. The normalized spacial score (nSPS) is 9.46. The van der Waals surface area contributed by atoms with Crippen molar-refractivity contribution < 1.29 is 23.9 Å². The highest BCUT2D eigenvalue weighted by Crippen LogP contribution is 2.17. The average Bonchev–Trinajstić information content (AvgIpc) is 2.07. The van der Waals surface area contributed by atoms with Crippen molar-refractivity contribution >= 4 is 13.6 Å². The zero-order valence-electron chi connectivity index (χ0n) is 6.48. The van der Waals surface area contributed by atoms with Crippen LogP contribution in [-0.4, -0.2) is 23.7 Å². The monoisotopic (exact) mass is 184 g/mol. The maximum atomic E-state index is 12.5. The molecule has 0 aliphatic heterocycles. The molecular weight excluding hydrogens is 178 g/mol. The molecule has 0 amide bonds. The summed E-state index contributed by atoms with van der Waals surface area (Å²) in [6.45, 7) is 0. The fourth-order valence-electron chi connectivity index (χ4n) is 0.832. The highest BCUT2D eigenvalue weighted by molar-refractivity contribution is 6.33. The molecule has 13 heavy (non-hydrogen) atoms. The van der Waals surface area contributed by atoms with Crippen LogP contribution in [0.3, 0.4) is 0 Å². The minimum absolute atomic E-state index is 0.0758. The Balaban J connectivity index is 2.99. The molecular formula is C7H6BFO4. The number of halogens is 1. The van der Waals surface area contributed by atoms with Gasteiger partial charge in [0.2, 0.25) is 0 Å². The smallest absolute Gasteiger partial charge is 0.511 e. The van der Waals surface area contributed by atoms with E-state index < -0.39 is 13.1 Å². The van der Waals surface area contributed by atoms with Crippen LogP contribution in [0.2, 0.25) is 0 Å². The lowest BCUT2D eigenvalue weighted by Gasteiger charge is -2.06. The SMILES string of the molecule is O=Cc1cc(F)ccc1OB(O)O. The van der Waals surface area contributed by atoms with E-state index >= 15 is 0 Å². The van der Waals surface area contributed by atoms with Gasteiger partial charge in [-0.25, -0.2) is 4.39 Å². The third-order valence-electron chi connectivity index (χ3n) is 1.33. The van der Waals surface area contributed by atoms with Crippen molar-refractivity contribution in [3.63, 3.8) is 0 Å². The summed E-state index contributed by atoms with van der Waals surface area (Å²) in [5.74, 6) is -0.673. The molecule has 0 atom stereocenters. The summed E-state index contributed by atoms with van der Waals surface area (Å²) in [5, 5.41) is 16.8. The number of aldehydes is 1. The molecule has 0 bridgehead atoms. The van der Waals surface area contributed by atoms with Crippen LogP contribution in [0.1, 0.15) is 10.4 Å². The van der Waals surface area contributed by atoms with Crippen molar-refractivity contribution in [2.24, 2.45) is 0 Å². The van der Waals surface area contributed by atoms with Crippen molar-refractivity contribution in [1.29, 1.82) is 0 Å². The van der Waals surface area contributed by atoms with E-state index in [2.05, 4.69) is 4.65 Å². The van der Waals surface area contributed by atoms with Gasteiger partial charge in [0.15, 0.2) is 6.29 Å². The van der Waals surface area contributed by atoms with E-state index in [1.807, 2.05) is 0 Å². The van der Waals surface area contributed by atoms with Gasteiger partial charge < -0.3 is 14.7 Å². The van der Waals surface area contributed by atoms with Crippen LogP contribution in [-0.2, 0) is 0 Å². The molecule has 0 fully saturated rings. The van der Waals surface area contributed by atoms with E-state index in [0.29, 0.717) is 6.29 Å². The zero-order chi connectivity index (χ0) is 9.84. The molecule has 0 unspecified atom stereocenters. The summed E-state index contributed by atoms with van der Waals surface area (Å²) in [5.41, 5.74) is -0.0758. The van der Waals surface area contributed by atoms with Crippen molar-refractivity contribution in [1.82, 2.24) is 0 Å². The maximum absolute atomic E-state index is 12.5. The molecule has 1 aromatic carbocycles. The first kappa shape index (κ1) is 9.69. The number of benzene rings is 1. The van der Waals surface area contributed by atoms with E-state index in [1.54, 1.807) is 0 Å². The van der Waals surface area contributed by atoms with E-state index in [9.17, 15) is 9.18 Å². The quantitative estimate of drug-likeness (QED) is 0.511. The second-order valence-electron chi connectivity index (χ2n) is 2.24. The molecule has 0 saturated heterocycles. The highest BCUT2D eigenvalue weighted by Gasteiger charge is 2.14. The van der Waals surface area contributed by atoms with Crippen molar-refractivity contribution in [3.8, 4) is 5.75 Å². The Labute approximate surface area is 73.8 Å². The lowest BCUT2D eigenvalue weighted by Crippen LogP contribution is -2.21. The first-order chi connectivity index (χ1) is 6.13. The van der Waals surface area contributed by atoms with Gasteiger partial charge in [-0.2, -0.15) is 0 Å². The van der Waals surface area contributed by atoms with Gasteiger partial charge >= 0.3 is 7.32 Å². The van der Waals surface area contributed by atoms with Crippen LogP contribution >= 0.6 is 0 Å². The molecule has 0 radical (unpaired) electrons. The minimum Gasteiger partial charge on any atom is -0.511 e. The van der Waals surface area contributed by atoms with Crippen molar-refractivity contribution in [2.75, 3.05) is 0 Å². The molecule has 68 valence electrons. The number of carbonyl (C=O) groups is 1. The lowest BCUT2D eigenvalue weighted by molar-refractivity contribution is 0.112. The zero-order valence-corrected chi connectivity index (χ0v) is 6.48. The third kappa shape index (κ3) is 2.53. The summed E-state index contributed by atoms with van der Waals surface area (Å²) >= 11 is 0. The van der Waals surface area contributed by atoms with Crippen LogP contribution in [0.4, 0.5) is 4.39 Å². The standard InChI is InChI=1S/C7H6BFO4/c9-6-1-2-7(13-8(11)12)5(3-6)4-10/h1-4,11-12H. The fourth-order valence-corrected chi connectivity index (χ4v) is 0.832. The van der Waals surface area contributed by atoms with Gasteiger partial charge in [-0.05, 0) is 18.2 Å². The molecule has 1 aromatic rings. The topological polar surface area (TPSA) is 66.8 Å². The Hall–Kier alpha value is -1.40. The second-order valence-corrected chi connectivity index (χ2v) is 2.24. The van der Waals surface area contributed by atoms with Crippen LogP contribution < -0.4 is 4.65 Å². The molecule has 4 nitrogen and oxygen atoms in total. The molecule has 0 saturated carbocycles. The van der Waals surface area contributed by atoms with Gasteiger partial charge in [0.1, 0.15) is 11.6 Å². The Bertz CT molecular complexity index is 315. The number of carbonyl (C=O) groups excluding carboxylic acids is 1. The average molecular weight is 184 g/mol. The van der Waals surface area contributed by atoms with Crippen LogP contribution in [0, 0.1) is 5.82 Å². The molecule has 0 aromatic heterocycles. The minimum atomic E-state index is -2.02. The summed E-state index contributed by atoms with van der Waals surface area (Å²) in [7, 11) is -2.02. The second kappa shape index (κ2) is 4.02. The molecule has 1 rings (SSSR count). The fraction of sp³-hybridized carbons (Fsp3) is 0. The molecule has 0 aliphatic rings. The van der Waals surface area contributed by atoms with Gasteiger partial charge in [0.05, 0.1) is 5.56 Å².